The monoisotopic (exact) mass is 342 g/mol. The summed E-state index contributed by atoms with van der Waals surface area (Å²) in [5.41, 5.74) is 4.47. The number of nitrogens with zero attached hydrogens (tertiary/aromatic N) is 1. The van der Waals surface area contributed by atoms with Gasteiger partial charge in [-0.05, 0) is 17.7 Å². The Labute approximate surface area is 147 Å². The molecule has 0 spiro atoms. The second-order valence-corrected chi connectivity index (χ2v) is 7.69. The number of aryl methyl sites for hydroxylation is 1. The normalized spacial score (nSPS) is 14.0. The zero-order valence-electron chi connectivity index (χ0n) is 13.6. The van der Waals surface area contributed by atoms with Crippen molar-refractivity contribution >= 4 is 59.2 Å². The molecule has 0 saturated heterocycles. The molecule has 1 aliphatic rings. The van der Waals surface area contributed by atoms with Crippen molar-refractivity contribution in [2.24, 2.45) is 7.05 Å². The molecule has 0 bridgehead atoms. The largest absolute Gasteiger partial charge is 0.348 e. The summed E-state index contributed by atoms with van der Waals surface area (Å²) < 4.78 is 4.73. The van der Waals surface area contributed by atoms with Gasteiger partial charge in [-0.2, -0.15) is 0 Å². The summed E-state index contributed by atoms with van der Waals surface area (Å²) in [5, 5.41) is 7.81. The van der Waals surface area contributed by atoms with E-state index in [0.717, 1.165) is 16.5 Å². The molecule has 0 aliphatic carbocycles. The van der Waals surface area contributed by atoms with Crippen molar-refractivity contribution in [3.8, 4) is 0 Å². The lowest BCUT2D eigenvalue weighted by atomic mass is 9.97. The predicted molar refractivity (Wildman–Crippen MR) is 104 cm³/mol. The van der Waals surface area contributed by atoms with Crippen LogP contribution in [-0.2, 0) is 13.6 Å². The van der Waals surface area contributed by atoms with E-state index in [0.29, 0.717) is 6.54 Å². The molecule has 25 heavy (non-hydrogen) atoms. The summed E-state index contributed by atoms with van der Waals surface area (Å²) in [6.45, 7) is 0.610. The van der Waals surface area contributed by atoms with Gasteiger partial charge in [0.25, 0.3) is 5.91 Å². The first-order valence-electron chi connectivity index (χ1n) is 8.37. The van der Waals surface area contributed by atoms with Crippen LogP contribution in [0.25, 0.3) is 42.0 Å². The number of amides is 1. The highest BCUT2D eigenvalue weighted by atomic mass is 32.1. The maximum absolute atomic E-state index is 12.7. The van der Waals surface area contributed by atoms with Gasteiger partial charge in [-0.1, -0.05) is 36.4 Å². The Morgan fingerprint density at radius 3 is 2.64 bits per heavy atom. The molecule has 1 aliphatic heterocycles. The van der Waals surface area contributed by atoms with Crippen molar-refractivity contribution in [3.05, 3.63) is 59.7 Å². The first kappa shape index (κ1) is 13.4. The van der Waals surface area contributed by atoms with E-state index in [-0.39, 0.29) is 5.91 Å². The lowest BCUT2D eigenvalue weighted by Crippen LogP contribution is -2.12. The molecule has 4 heteroatoms. The van der Waals surface area contributed by atoms with Crippen molar-refractivity contribution in [2.75, 3.05) is 0 Å². The number of para-hydroxylation sites is 1. The Morgan fingerprint density at radius 2 is 1.76 bits per heavy atom. The number of aromatic nitrogens is 1. The molecule has 6 rings (SSSR count). The Balaban J connectivity index is 2.04. The third kappa shape index (κ3) is 1.49. The maximum atomic E-state index is 12.7. The summed E-state index contributed by atoms with van der Waals surface area (Å²) in [7, 11) is 2.13. The fourth-order valence-electron chi connectivity index (χ4n) is 4.39. The van der Waals surface area contributed by atoms with E-state index in [9.17, 15) is 4.79 Å². The number of carbonyl (C=O) groups excluding carboxylic acids is 1. The van der Waals surface area contributed by atoms with Crippen molar-refractivity contribution in [1.29, 1.82) is 0 Å². The van der Waals surface area contributed by atoms with Crippen molar-refractivity contribution in [1.82, 2.24) is 9.88 Å². The van der Waals surface area contributed by atoms with E-state index >= 15 is 0 Å². The number of nitrogens with one attached hydrogen (secondary N) is 1. The smallest absolute Gasteiger partial charge is 0.252 e. The van der Waals surface area contributed by atoms with E-state index in [4.69, 9.17) is 0 Å². The van der Waals surface area contributed by atoms with Gasteiger partial charge in [0, 0.05) is 45.4 Å². The molecule has 3 aromatic carbocycles. The number of benzene rings is 3. The molecule has 0 fully saturated rings. The van der Waals surface area contributed by atoms with E-state index in [2.05, 4.69) is 65.5 Å². The second-order valence-electron chi connectivity index (χ2n) is 6.64. The van der Waals surface area contributed by atoms with Gasteiger partial charge < -0.3 is 9.88 Å². The molecular formula is C21H14N2OS. The van der Waals surface area contributed by atoms with Crippen LogP contribution in [-0.4, -0.2) is 10.5 Å². The minimum absolute atomic E-state index is 0.0541. The van der Waals surface area contributed by atoms with E-state index in [1.165, 1.54) is 36.6 Å². The standard InChI is InChI=1S/C21H14N2OS/c1-23-14-8-4-2-6-11(14)16-13-10-22-21(24)18(13)17-12-7-3-5-9-15(12)25-20(17)19(16)23/h2-9H,10H2,1H3,(H,22,24). The van der Waals surface area contributed by atoms with Crippen LogP contribution in [0, 0.1) is 0 Å². The molecule has 0 saturated carbocycles. The number of carbonyl (C=O) groups is 1. The first-order valence-corrected chi connectivity index (χ1v) is 9.19. The number of hydrogen-bond donors (Lipinski definition) is 1. The predicted octanol–water partition coefficient (Wildman–Crippen LogP) is 4.94. The van der Waals surface area contributed by atoms with Crippen LogP contribution < -0.4 is 5.32 Å². The molecule has 0 unspecified atom stereocenters. The highest BCUT2D eigenvalue weighted by molar-refractivity contribution is 7.26. The number of rotatable bonds is 0. The highest BCUT2D eigenvalue weighted by Crippen LogP contribution is 2.46. The molecule has 0 atom stereocenters. The molecule has 2 aromatic heterocycles. The van der Waals surface area contributed by atoms with Gasteiger partial charge in [0.15, 0.2) is 0 Å². The van der Waals surface area contributed by atoms with Gasteiger partial charge >= 0.3 is 0 Å². The van der Waals surface area contributed by atoms with E-state index in [1.54, 1.807) is 11.3 Å². The summed E-state index contributed by atoms with van der Waals surface area (Å²) in [6.07, 6.45) is 0. The van der Waals surface area contributed by atoms with Crippen LogP contribution in [0.5, 0.6) is 0 Å². The molecule has 1 amide bonds. The molecule has 1 N–H and O–H groups in total. The van der Waals surface area contributed by atoms with Crippen molar-refractivity contribution in [3.63, 3.8) is 0 Å². The molecular weight excluding hydrogens is 328 g/mol. The Kier molecular flexibility index (Phi) is 2.37. The summed E-state index contributed by atoms with van der Waals surface area (Å²) in [6, 6.07) is 16.9. The Bertz CT molecular complexity index is 1370. The lowest BCUT2D eigenvalue weighted by molar-refractivity contribution is 0.0967. The fourth-order valence-corrected chi connectivity index (χ4v) is 5.68. The Morgan fingerprint density at radius 1 is 1.00 bits per heavy atom. The molecule has 120 valence electrons. The van der Waals surface area contributed by atoms with E-state index < -0.39 is 0 Å². The third-order valence-corrected chi connectivity index (χ3v) is 6.60. The average molecular weight is 342 g/mol. The second kappa shape index (κ2) is 4.41. The van der Waals surface area contributed by atoms with Crippen LogP contribution in [0.15, 0.2) is 48.5 Å². The fraction of sp³-hybridized carbons (Fsp3) is 0.0952. The maximum Gasteiger partial charge on any atom is 0.252 e. The highest BCUT2D eigenvalue weighted by Gasteiger charge is 2.29. The van der Waals surface area contributed by atoms with Crippen LogP contribution in [0.1, 0.15) is 15.9 Å². The SMILES string of the molecule is Cn1c2ccccc2c2c3c(c4c5ccccc5sc4c21)C(=O)NC3. The van der Waals surface area contributed by atoms with Gasteiger partial charge in [-0.3, -0.25) is 4.79 Å². The van der Waals surface area contributed by atoms with Crippen molar-refractivity contribution in [2.45, 2.75) is 6.54 Å². The van der Waals surface area contributed by atoms with Gasteiger partial charge in [-0.15, -0.1) is 11.3 Å². The first-order chi connectivity index (χ1) is 12.3. The number of thiophene rings is 1. The topological polar surface area (TPSA) is 34.0 Å². The lowest BCUT2D eigenvalue weighted by Gasteiger charge is -2.05. The summed E-state index contributed by atoms with van der Waals surface area (Å²) >= 11 is 1.79. The third-order valence-electron chi connectivity index (χ3n) is 5.42. The molecule has 5 aromatic rings. The molecule has 3 nitrogen and oxygen atoms in total. The molecule has 0 radical (unpaired) electrons. The number of hydrogen-bond acceptors (Lipinski definition) is 2. The van der Waals surface area contributed by atoms with Crippen LogP contribution >= 0.6 is 11.3 Å². The molecule has 3 heterocycles. The van der Waals surface area contributed by atoms with Gasteiger partial charge in [0.1, 0.15) is 0 Å². The minimum atomic E-state index is 0.0541. The van der Waals surface area contributed by atoms with E-state index in [1.807, 2.05) is 0 Å². The summed E-state index contributed by atoms with van der Waals surface area (Å²) in [5.74, 6) is 0.0541. The van der Waals surface area contributed by atoms with Gasteiger partial charge in [0.2, 0.25) is 0 Å². The zero-order chi connectivity index (χ0) is 16.7. The Hall–Kier alpha value is -2.85. The zero-order valence-corrected chi connectivity index (χ0v) is 14.4. The minimum Gasteiger partial charge on any atom is -0.348 e. The van der Waals surface area contributed by atoms with Gasteiger partial charge in [-0.25, -0.2) is 0 Å². The number of fused-ring (bicyclic) bond motifs is 10. The van der Waals surface area contributed by atoms with Crippen LogP contribution in [0.3, 0.4) is 0 Å². The van der Waals surface area contributed by atoms with Crippen LogP contribution in [0.2, 0.25) is 0 Å². The summed E-state index contributed by atoms with van der Waals surface area (Å²) in [4.78, 5) is 12.7. The van der Waals surface area contributed by atoms with Crippen molar-refractivity contribution < 1.29 is 4.79 Å². The average Bonchev–Trinajstić information content (AvgIpc) is 3.28. The quantitative estimate of drug-likeness (QED) is 0.425. The van der Waals surface area contributed by atoms with Gasteiger partial charge in [0.05, 0.1) is 15.8 Å². The van der Waals surface area contributed by atoms with Crippen LogP contribution in [0.4, 0.5) is 0 Å².